The van der Waals surface area contributed by atoms with E-state index in [-0.39, 0.29) is 18.4 Å². The Labute approximate surface area is 110 Å². The number of hydrogen-bond donors (Lipinski definition) is 2. The Hall–Kier alpha value is -1.92. The van der Waals surface area contributed by atoms with Crippen molar-refractivity contribution in [2.45, 2.75) is 32.4 Å². The molecule has 2 aliphatic rings. The molecule has 0 radical (unpaired) electrons. The van der Waals surface area contributed by atoms with E-state index in [9.17, 15) is 9.59 Å². The predicted molar refractivity (Wildman–Crippen MR) is 63.8 cm³/mol. The summed E-state index contributed by atoms with van der Waals surface area (Å²) in [6.45, 7) is 0.0945. The fraction of sp³-hybridized carbons (Fsp3) is 0.667. The first-order chi connectivity index (χ1) is 9.11. The molecule has 2 fully saturated rings. The average Bonchev–Trinajstić information content (AvgIpc) is 2.78. The van der Waals surface area contributed by atoms with Crippen LogP contribution in [0.3, 0.4) is 0 Å². The zero-order valence-electron chi connectivity index (χ0n) is 10.5. The normalized spacial score (nSPS) is 27.9. The lowest BCUT2D eigenvalue weighted by Gasteiger charge is -2.10. The maximum atomic E-state index is 11.9. The summed E-state index contributed by atoms with van der Waals surface area (Å²) in [5.41, 5.74) is 0.581. The Bertz CT molecular complexity index is 503. The van der Waals surface area contributed by atoms with Crippen molar-refractivity contribution in [2.24, 2.45) is 17.8 Å². The van der Waals surface area contributed by atoms with Gasteiger partial charge in [0.15, 0.2) is 0 Å². The SMILES string of the molecule is O=C(O)Cn1cc(CNC(=O)C2CC3CC3C2)nn1. The van der Waals surface area contributed by atoms with Crippen LogP contribution in [0.1, 0.15) is 25.0 Å². The highest BCUT2D eigenvalue weighted by Crippen LogP contribution is 2.54. The van der Waals surface area contributed by atoms with E-state index < -0.39 is 5.97 Å². The third kappa shape index (κ3) is 2.74. The van der Waals surface area contributed by atoms with E-state index in [4.69, 9.17) is 5.11 Å². The minimum Gasteiger partial charge on any atom is -0.480 e. The Balaban J connectivity index is 1.47. The standard InChI is InChI=1S/C12H16N4O3/c17-11(18)6-16-5-10(14-15-16)4-13-12(19)9-2-7-1-8(7)3-9/h5,7-9H,1-4,6H2,(H,13,19)(H,17,18). The second-order valence-corrected chi connectivity index (χ2v) is 5.44. The number of hydrogen-bond acceptors (Lipinski definition) is 4. The molecule has 7 heteroatoms. The molecule has 0 saturated heterocycles. The number of nitrogens with one attached hydrogen (secondary N) is 1. The quantitative estimate of drug-likeness (QED) is 0.781. The maximum Gasteiger partial charge on any atom is 0.325 e. The van der Waals surface area contributed by atoms with E-state index in [1.54, 1.807) is 6.20 Å². The van der Waals surface area contributed by atoms with Crippen molar-refractivity contribution >= 4 is 11.9 Å². The van der Waals surface area contributed by atoms with Crippen LogP contribution >= 0.6 is 0 Å². The van der Waals surface area contributed by atoms with Crippen LogP contribution in [0, 0.1) is 17.8 Å². The van der Waals surface area contributed by atoms with Gasteiger partial charge in [-0.2, -0.15) is 0 Å². The van der Waals surface area contributed by atoms with Crippen LogP contribution in [-0.4, -0.2) is 32.0 Å². The van der Waals surface area contributed by atoms with E-state index in [0.29, 0.717) is 12.2 Å². The number of carbonyl (C=O) groups excluding carboxylic acids is 1. The lowest BCUT2D eigenvalue weighted by molar-refractivity contribution is -0.138. The van der Waals surface area contributed by atoms with Gasteiger partial charge in [0.05, 0.1) is 12.7 Å². The number of nitrogens with zero attached hydrogens (tertiary/aromatic N) is 3. The zero-order valence-corrected chi connectivity index (χ0v) is 10.5. The lowest BCUT2D eigenvalue weighted by Crippen LogP contribution is -2.29. The molecule has 1 aromatic rings. The Morgan fingerprint density at radius 2 is 2.11 bits per heavy atom. The number of aliphatic carboxylic acids is 1. The monoisotopic (exact) mass is 264 g/mol. The van der Waals surface area contributed by atoms with Gasteiger partial charge in [0, 0.05) is 5.92 Å². The molecule has 2 saturated carbocycles. The molecule has 102 valence electrons. The summed E-state index contributed by atoms with van der Waals surface area (Å²) in [4.78, 5) is 22.4. The minimum atomic E-state index is -0.967. The molecular formula is C12H16N4O3. The van der Waals surface area contributed by atoms with Crippen molar-refractivity contribution in [3.63, 3.8) is 0 Å². The summed E-state index contributed by atoms with van der Waals surface area (Å²) in [6.07, 6.45) is 4.87. The van der Waals surface area contributed by atoms with E-state index in [1.165, 1.54) is 11.1 Å². The molecule has 2 N–H and O–H groups in total. The van der Waals surface area contributed by atoms with Crippen LogP contribution in [0.5, 0.6) is 0 Å². The van der Waals surface area contributed by atoms with Gasteiger partial charge in [-0.05, 0) is 31.1 Å². The molecule has 2 unspecified atom stereocenters. The van der Waals surface area contributed by atoms with Crippen LogP contribution in [0.25, 0.3) is 0 Å². The van der Waals surface area contributed by atoms with Gasteiger partial charge in [0.25, 0.3) is 0 Å². The lowest BCUT2D eigenvalue weighted by atomic mass is 10.0. The molecule has 0 spiro atoms. The van der Waals surface area contributed by atoms with Crippen molar-refractivity contribution in [1.29, 1.82) is 0 Å². The number of fused-ring (bicyclic) bond motifs is 1. The molecule has 19 heavy (non-hydrogen) atoms. The summed E-state index contributed by atoms with van der Waals surface area (Å²) in [7, 11) is 0. The summed E-state index contributed by atoms with van der Waals surface area (Å²) in [5, 5.41) is 19.0. The minimum absolute atomic E-state index is 0.0833. The number of carboxylic acid groups (broad SMARTS) is 1. The number of carbonyl (C=O) groups is 2. The molecular weight excluding hydrogens is 248 g/mol. The number of rotatable bonds is 5. The van der Waals surface area contributed by atoms with Crippen LogP contribution in [0.4, 0.5) is 0 Å². The Morgan fingerprint density at radius 1 is 1.37 bits per heavy atom. The highest BCUT2D eigenvalue weighted by molar-refractivity contribution is 5.79. The number of amides is 1. The van der Waals surface area contributed by atoms with E-state index in [0.717, 1.165) is 24.7 Å². The molecule has 2 atom stereocenters. The van der Waals surface area contributed by atoms with Crippen molar-refractivity contribution in [3.8, 4) is 0 Å². The number of aromatic nitrogens is 3. The van der Waals surface area contributed by atoms with E-state index >= 15 is 0 Å². The highest BCUT2D eigenvalue weighted by atomic mass is 16.4. The first-order valence-corrected chi connectivity index (χ1v) is 6.50. The Kier molecular flexibility index (Phi) is 2.96. The second kappa shape index (κ2) is 4.64. The fourth-order valence-corrected chi connectivity index (χ4v) is 2.89. The van der Waals surface area contributed by atoms with Gasteiger partial charge in [-0.1, -0.05) is 5.21 Å². The van der Waals surface area contributed by atoms with Crippen molar-refractivity contribution in [3.05, 3.63) is 11.9 Å². The van der Waals surface area contributed by atoms with Gasteiger partial charge in [-0.25, -0.2) is 4.68 Å². The molecule has 0 aliphatic heterocycles. The van der Waals surface area contributed by atoms with Gasteiger partial charge in [0.2, 0.25) is 5.91 Å². The smallest absolute Gasteiger partial charge is 0.325 e. The highest BCUT2D eigenvalue weighted by Gasteiger charge is 2.47. The van der Waals surface area contributed by atoms with Gasteiger partial charge in [0.1, 0.15) is 12.2 Å². The predicted octanol–water partition coefficient (Wildman–Crippen LogP) is 0.0250. The van der Waals surface area contributed by atoms with Gasteiger partial charge < -0.3 is 10.4 Å². The maximum absolute atomic E-state index is 11.9. The van der Waals surface area contributed by atoms with Gasteiger partial charge in [-0.15, -0.1) is 5.10 Å². The topological polar surface area (TPSA) is 97.1 Å². The summed E-state index contributed by atoms with van der Waals surface area (Å²) in [5.74, 6) is 0.836. The van der Waals surface area contributed by atoms with Crippen LogP contribution in [-0.2, 0) is 22.7 Å². The van der Waals surface area contributed by atoms with Gasteiger partial charge in [-0.3, -0.25) is 9.59 Å². The molecule has 1 heterocycles. The molecule has 3 rings (SSSR count). The van der Waals surface area contributed by atoms with Crippen LogP contribution in [0.2, 0.25) is 0 Å². The third-order valence-electron chi connectivity index (χ3n) is 3.94. The summed E-state index contributed by atoms with van der Waals surface area (Å²) in [6, 6.07) is 0. The molecule has 2 aliphatic carbocycles. The summed E-state index contributed by atoms with van der Waals surface area (Å²) >= 11 is 0. The van der Waals surface area contributed by atoms with Crippen LogP contribution < -0.4 is 5.32 Å². The number of carboxylic acids is 1. The van der Waals surface area contributed by atoms with E-state index in [2.05, 4.69) is 15.6 Å². The zero-order chi connectivity index (χ0) is 13.4. The second-order valence-electron chi connectivity index (χ2n) is 5.44. The molecule has 1 aromatic heterocycles. The Morgan fingerprint density at radius 3 is 2.79 bits per heavy atom. The van der Waals surface area contributed by atoms with Crippen LogP contribution in [0.15, 0.2) is 6.20 Å². The molecule has 1 amide bonds. The average molecular weight is 264 g/mol. The third-order valence-corrected chi connectivity index (χ3v) is 3.94. The molecule has 7 nitrogen and oxygen atoms in total. The summed E-state index contributed by atoms with van der Waals surface area (Å²) < 4.78 is 1.24. The first-order valence-electron chi connectivity index (χ1n) is 6.50. The molecule has 0 bridgehead atoms. The van der Waals surface area contributed by atoms with Gasteiger partial charge >= 0.3 is 5.97 Å². The largest absolute Gasteiger partial charge is 0.480 e. The van der Waals surface area contributed by atoms with E-state index in [1.807, 2.05) is 0 Å². The van der Waals surface area contributed by atoms with Crippen molar-refractivity contribution in [2.75, 3.05) is 0 Å². The molecule has 0 aromatic carbocycles. The van der Waals surface area contributed by atoms with Crippen molar-refractivity contribution < 1.29 is 14.7 Å². The first kappa shape index (κ1) is 12.1. The fourth-order valence-electron chi connectivity index (χ4n) is 2.89. The van der Waals surface area contributed by atoms with Crippen molar-refractivity contribution in [1.82, 2.24) is 20.3 Å².